The van der Waals surface area contributed by atoms with Gasteiger partial charge < -0.3 is 5.32 Å². The van der Waals surface area contributed by atoms with Crippen molar-refractivity contribution in [3.8, 4) is 0 Å². The van der Waals surface area contributed by atoms with Crippen molar-refractivity contribution in [2.24, 2.45) is 5.92 Å². The van der Waals surface area contributed by atoms with Crippen LogP contribution in [0.5, 0.6) is 0 Å². The number of thioether (sulfide) groups is 1. The summed E-state index contributed by atoms with van der Waals surface area (Å²) in [6.45, 7) is 0. The van der Waals surface area contributed by atoms with Gasteiger partial charge in [-0.1, -0.05) is 6.42 Å². The van der Waals surface area contributed by atoms with Gasteiger partial charge in [0.2, 0.25) is 0 Å². The second-order valence-corrected chi connectivity index (χ2v) is 6.22. The highest BCUT2D eigenvalue weighted by Crippen LogP contribution is 2.32. The Balaban J connectivity index is 1.80. The Hall–Kier alpha value is -0.750. The first-order valence-corrected chi connectivity index (χ1v) is 7.82. The number of pyridine rings is 1. The van der Waals surface area contributed by atoms with Crippen LogP contribution >= 0.6 is 11.8 Å². The molecular formula is C14H19F3N2S. The summed E-state index contributed by atoms with van der Waals surface area (Å²) >= 11 is 1.53. The van der Waals surface area contributed by atoms with Crippen LogP contribution in [-0.2, 0) is 6.18 Å². The van der Waals surface area contributed by atoms with Crippen LogP contribution in [0.4, 0.5) is 13.2 Å². The minimum Gasteiger partial charge on any atom is -0.317 e. The molecular weight excluding hydrogens is 285 g/mol. The van der Waals surface area contributed by atoms with Gasteiger partial charge in [-0.15, -0.1) is 11.8 Å². The van der Waals surface area contributed by atoms with Crippen molar-refractivity contribution in [1.82, 2.24) is 10.3 Å². The van der Waals surface area contributed by atoms with E-state index in [1.807, 2.05) is 7.05 Å². The Morgan fingerprint density at radius 2 is 2.15 bits per heavy atom. The zero-order valence-electron chi connectivity index (χ0n) is 11.4. The molecule has 0 saturated heterocycles. The van der Waals surface area contributed by atoms with E-state index in [0.717, 1.165) is 24.4 Å². The third-order valence-corrected chi connectivity index (χ3v) is 4.81. The maximum atomic E-state index is 12.4. The van der Waals surface area contributed by atoms with Gasteiger partial charge in [-0.2, -0.15) is 13.2 Å². The van der Waals surface area contributed by atoms with Crippen molar-refractivity contribution in [3.63, 3.8) is 0 Å². The normalized spacial score (nSPS) is 23.2. The van der Waals surface area contributed by atoms with E-state index in [1.54, 1.807) is 0 Å². The molecule has 1 saturated carbocycles. The van der Waals surface area contributed by atoms with E-state index in [9.17, 15) is 13.2 Å². The number of nitrogens with zero attached hydrogens (tertiary/aromatic N) is 1. The number of rotatable bonds is 5. The fourth-order valence-electron chi connectivity index (χ4n) is 2.71. The lowest BCUT2D eigenvalue weighted by atomic mass is 10.0. The predicted molar refractivity (Wildman–Crippen MR) is 74.8 cm³/mol. The Bertz CT molecular complexity index is 419. The van der Waals surface area contributed by atoms with Crippen molar-refractivity contribution in [2.75, 3.05) is 12.8 Å². The van der Waals surface area contributed by atoms with Crippen LogP contribution in [0.25, 0.3) is 0 Å². The zero-order valence-corrected chi connectivity index (χ0v) is 12.2. The molecule has 20 heavy (non-hydrogen) atoms. The molecule has 1 aromatic heterocycles. The first-order valence-electron chi connectivity index (χ1n) is 6.84. The largest absolute Gasteiger partial charge is 0.417 e. The quantitative estimate of drug-likeness (QED) is 0.833. The Morgan fingerprint density at radius 3 is 2.75 bits per heavy atom. The summed E-state index contributed by atoms with van der Waals surface area (Å²) in [7, 11) is 1.99. The molecule has 1 aromatic rings. The van der Waals surface area contributed by atoms with Crippen molar-refractivity contribution in [1.29, 1.82) is 0 Å². The van der Waals surface area contributed by atoms with Crippen molar-refractivity contribution in [2.45, 2.75) is 42.9 Å². The highest BCUT2D eigenvalue weighted by atomic mass is 32.2. The number of hydrogen-bond donors (Lipinski definition) is 1. The van der Waals surface area contributed by atoms with Crippen molar-refractivity contribution < 1.29 is 13.2 Å². The van der Waals surface area contributed by atoms with Crippen LogP contribution in [-0.4, -0.2) is 23.8 Å². The van der Waals surface area contributed by atoms with E-state index in [0.29, 0.717) is 17.0 Å². The molecule has 0 radical (unpaired) electrons. The highest BCUT2D eigenvalue weighted by molar-refractivity contribution is 7.99. The first-order chi connectivity index (χ1) is 9.50. The van der Waals surface area contributed by atoms with E-state index < -0.39 is 11.7 Å². The molecule has 0 bridgehead atoms. The smallest absolute Gasteiger partial charge is 0.317 e. The number of hydrogen-bond acceptors (Lipinski definition) is 3. The number of alkyl halides is 3. The third kappa shape index (κ3) is 4.12. The van der Waals surface area contributed by atoms with Gasteiger partial charge in [-0.05, 0) is 50.1 Å². The average Bonchev–Trinajstić information content (AvgIpc) is 2.86. The summed E-state index contributed by atoms with van der Waals surface area (Å²) in [6.07, 6.45) is 1.42. The van der Waals surface area contributed by atoms with Crippen LogP contribution in [0.2, 0.25) is 0 Å². The second-order valence-electron chi connectivity index (χ2n) is 5.11. The predicted octanol–water partition coefficient (Wildman–Crippen LogP) is 3.97. The average molecular weight is 304 g/mol. The Labute approximate surface area is 121 Å². The lowest BCUT2D eigenvalue weighted by Gasteiger charge is -2.18. The molecule has 1 N–H and O–H groups in total. The van der Waals surface area contributed by atoms with Crippen LogP contribution in [0, 0.1) is 5.92 Å². The van der Waals surface area contributed by atoms with E-state index in [4.69, 9.17) is 0 Å². The van der Waals surface area contributed by atoms with Gasteiger partial charge in [0, 0.05) is 12.2 Å². The summed E-state index contributed by atoms with van der Waals surface area (Å²) in [4.78, 5) is 3.88. The van der Waals surface area contributed by atoms with Gasteiger partial charge in [0.25, 0.3) is 0 Å². The fourth-order valence-corrected chi connectivity index (χ4v) is 3.63. The minimum atomic E-state index is -4.31. The monoisotopic (exact) mass is 304 g/mol. The van der Waals surface area contributed by atoms with Gasteiger partial charge in [0.15, 0.2) is 0 Å². The molecule has 1 aliphatic carbocycles. The molecule has 1 fully saturated rings. The molecule has 0 amide bonds. The van der Waals surface area contributed by atoms with Crippen LogP contribution in [0.3, 0.4) is 0 Å². The standard InChI is InChI=1S/C14H19F3N2S/c1-18-12-4-2-3-10(12)7-8-20-13-6-5-11(9-19-13)14(15,16)17/h5-6,9-10,12,18H,2-4,7-8H2,1H3. The molecule has 0 spiro atoms. The van der Waals surface area contributed by atoms with Gasteiger partial charge >= 0.3 is 6.18 Å². The fraction of sp³-hybridized carbons (Fsp3) is 0.643. The molecule has 1 heterocycles. The van der Waals surface area contributed by atoms with Gasteiger partial charge in [0.05, 0.1) is 10.6 Å². The summed E-state index contributed by atoms with van der Waals surface area (Å²) in [6, 6.07) is 3.15. The molecule has 0 aliphatic heterocycles. The van der Waals surface area contributed by atoms with Crippen LogP contribution < -0.4 is 5.32 Å². The highest BCUT2D eigenvalue weighted by Gasteiger charge is 2.30. The summed E-state index contributed by atoms with van der Waals surface area (Å²) in [5.74, 6) is 1.59. The maximum absolute atomic E-state index is 12.4. The first kappa shape index (κ1) is 15.6. The zero-order chi connectivity index (χ0) is 14.6. The van der Waals surface area contributed by atoms with E-state index in [2.05, 4.69) is 10.3 Å². The van der Waals surface area contributed by atoms with Crippen LogP contribution in [0.1, 0.15) is 31.2 Å². The molecule has 1 aliphatic rings. The lowest BCUT2D eigenvalue weighted by molar-refractivity contribution is -0.137. The van der Waals surface area contributed by atoms with Crippen LogP contribution in [0.15, 0.2) is 23.4 Å². The molecule has 2 unspecified atom stereocenters. The summed E-state index contributed by atoms with van der Waals surface area (Å²) in [5, 5.41) is 4.00. The number of aromatic nitrogens is 1. The molecule has 2 rings (SSSR count). The van der Waals surface area contributed by atoms with Crippen molar-refractivity contribution >= 4 is 11.8 Å². The summed E-state index contributed by atoms with van der Waals surface area (Å²) in [5.41, 5.74) is -0.687. The van der Waals surface area contributed by atoms with E-state index in [1.165, 1.54) is 37.1 Å². The topological polar surface area (TPSA) is 24.9 Å². The minimum absolute atomic E-state index is 0.594. The molecule has 112 valence electrons. The van der Waals surface area contributed by atoms with E-state index in [-0.39, 0.29) is 0 Å². The number of nitrogens with one attached hydrogen (secondary N) is 1. The lowest BCUT2D eigenvalue weighted by Crippen LogP contribution is -2.29. The molecule has 2 nitrogen and oxygen atoms in total. The SMILES string of the molecule is CNC1CCCC1CCSc1ccc(C(F)(F)F)cn1. The van der Waals surface area contributed by atoms with Gasteiger partial charge in [-0.25, -0.2) is 4.98 Å². The summed E-state index contributed by atoms with van der Waals surface area (Å²) < 4.78 is 37.2. The van der Waals surface area contributed by atoms with E-state index >= 15 is 0 Å². The van der Waals surface area contributed by atoms with Gasteiger partial charge in [-0.3, -0.25) is 0 Å². The molecule has 0 aromatic carbocycles. The Kier molecular flexibility index (Phi) is 5.32. The number of halogens is 3. The third-order valence-electron chi connectivity index (χ3n) is 3.83. The second kappa shape index (κ2) is 6.80. The Morgan fingerprint density at radius 1 is 1.35 bits per heavy atom. The van der Waals surface area contributed by atoms with Gasteiger partial charge in [0.1, 0.15) is 0 Å². The maximum Gasteiger partial charge on any atom is 0.417 e. The molecule has 2 atom stereocenters. The molecule has 6 heteroatoms. The van der Waals surface area contributed by atoms with Crippen molar-refractivity contribution in [3.05, 3.63) is 23.9 Å².